The van der Waals surface area contributed by atoms with Crippen molar-refractivity contribution in [3.05, 3.63) is 47.2 Å². The fourth-order valence-corrected chi connectivity index (χ4v) is 4.67. The molecule has 0 spiro atoms. The number of likely N-dealkylation sites (tertiary alicyclic amines) is 1. The van der Waals surface area contributed by atoms with Crippen LogP contribution in [0.25, 0.3) is 0 Å². The van der Waals surface area contributed by atoms with E-state index in [9.17, 15) is 18.0 Å². The molecule has 32 heavy (non-hydrogen) atoms. The second-order valence-electron chi connectivity index (χ2n) is 10.2. The minimum atomic E-state index is -4.37. The second kappa shape index (κ2) is 8.12. The van der Waals surface area contributed by atoms with Gasteiger partial charge in [-0.25, -0.2) is 4.68 Å². The van der Waals surface area contributed by atoms with Crippen molar-refractivity contribution in [1.82, 2.24) is 14.7 Å². The normalized spacial score (nSPS) is 23.7. The van der Waals surface area contributed by atoms with Crippen LogP contribution in [0.5, 0.6) is 0 Å². The zero-order chi connectivity index (χ0) is 23.3. The molecule has 2 aliphatic heterocycles. The number of halogens is 3. The summed E-state index contributed by atoms with van der Waals surface area (Å²) < 4.78 is 42.6. The van der Waals surface area contributed by atoms with Crippen molar-refractivity contribution in [1.29, 1.82) is 0 Å². The molecule has 1 amide bonds. The van der Waals surface area contributed by atoms with Crippen LogP contribution in [-0.2, 0) is 11.2 Å². The lowest BCUT2D eigenvalue weighted by Gasteiger charge is -2.39. The van der Waals surface area contributed by atoms with Crippen LogP contribution in [0.4, 0.5) is 19.0 Å². The number of alkyl halides is 3. The van der Waals surface area contributed by atoms with Gasteiger partial charge in [-0.3, -0.25) is 4.79 Å². The van der Waals surface area contributed by atoms with Gasteiger partial charge in [0.1, 0.15) is 5.82 Å². The Morgan fingerprint density at radius 2 is 1.94 bits per heavy atom. The topological polar surface area (TPSA) is 50.2 Å². The number of hydrogen-bond acceptors (Lipinski definition) is 3. The van der Waals surface area contributed by atoms with Gasteiger partial charge in [-0.2, -0.15) is 18.3 Å². The molecule has 1 aromatic carbocycles. The maximum Gasteiger partial charge on any atom is 0.410 e. The third-order valence-electron chi connectivity index (χ3n) is 6.82. The van der Waals surface area contributed by atoms with E-state index in [0.717, 1.165) is 15.8 Å². The van der Waals surface area contributed by atoms with Crippen molar-refractivity contribution in [2.75, 3.05) is 18.4 Å². The monoisotopic (exact) mass is 448 g/mol. The summed E-state index contributed by atoms with van der Waals surface area (Å²) >= 11 is 0. The minimum absolute atomic E-state index is 0.0462. The average molecular weight is 449 g/mol. The largest absolute Gasteiger partial charge is 0.410 e. The number of amides is 1. The molecule has 8 heteroatoms. The summed E-state index contributed by atoms with van der Waals surface area (Å²) in [6, 6.07) is 7.61. The van der Waals surface area contributed by atoms with Crippen LogP contribution in [0.1, 0.15) is 62.4 Å². The number of rotatable bonds is 3. The molecule has 0 bridgehead atoms. The van der Waals surface area contributed by atoms with Crippen LogP contribution in [0, 0.1) is 12.3 Å². The van der Waals surface area contributed by atoms with Gasteiger partial charge < -0.3 is 10.2 Å². The van der Waals surface area contributed by atoms with Gasteiger partial charge in [0.15, 0.2) is 6.04 Å². The summed E-state index contributed by atoms with van der Waals surface area (Å²) in [6.07, 6.45) is -3.37. The van der Waals surface area contributed by atoms with Crippen LogP contribution in [0.15, 0.2) is 30.3 Å². The number of benzene rings is 1. The van der Waals surface area contributed by atoms with E-state index in [1.807, 2.05) is 56.9 Å². The summed E-state index contributed by atoms with van der Waals surface area (Å²) in [6.45, 7) is 8.90. The Morgan fingerprint density at radius 3 is 2.59 bits per heavy atom. The number of aromatic nitrogens is 2. The predicted molar refractivity (Wildman–Crippen MR) is 118 cm³/mol. The van der Waals surface area contributed by atoms with E-state index in [-0.39, 0.29) is 29.7 Å². The maximum atomic E-state index is 13.8. The molecule has 2 aliphatic rings. The molecular weight excluding hydrogens is 417 g/mol. The van der Waals surface area contributed by atoms with E-state index in [1.165, 1.54) is 0 Å². The molecule has 0 aliphatic carbocycles. The lowest BCUT2D eigenvalue weighted by Crippen LogP contribution is -2.44. The Hall–Kier alpha value is -2.51. The first kappa shape index (κ1) is 22.7. The molecule has 0 unspecified atom stereocenters. The lowest BCUT2D eigenvalue weighted by molar-refractivity contribution is -0.175. The van der Waals surface area contributed by atoms with E-state index in [2.05, 4.69) is 10.4 Å². The maximum absolute atomic E-state index is 13.8. The molecule has 3 atom stereocenters. The fraction of sp³-hybridized carbons (Fsp3) is 0.583. The van der Waals surface area contributed by atoms with Gasteiger partial charge >= 0.3 is 6.18 Å². The molecular formula is C24H31F3N4O. The van der Waals surface area contributed by atoms with Crippen molar-refractivity contribution in [3.63, 3.8) is 0 Å². The molecule has 5 nitrogen and oxygen atoms in total. The van der Waals surface area contributed by atoms with Gasteiger partial charge in [0.05, 0.1) is 12.1 Å². The van der Waals surface area contributed by atoms with Gasteiger partial charge in [0, 0.05) is 31.1 Å². The standard InChI is InChI=1S/C24H31F3N4O/c1-15-7-5-6-8-16(15)11-22(32)30-10-9-17(14-30)18-12-21-28-19(23(2,3)4)13-20(24(25,26)27)31(21)29-18/h5-8,12,17,19-20,28H,9-11,13-14H2,1-4H3/t17-,19+,20+/m0/s1. The quantitative estimate of drug-likeness (QED) is 0.712. The summed E-state index contributed by atoms with van der Waals surface area (Å²) in [5.41, 5.74) is 2.40. The predicted octanol–water partition coefficient (Wildman–Crippen LogP) is 5.08. The highest BCUT2D eigenvalue weighted by molar-refractivity contribution is 5.79. The van der Waals surface area contributed by atoms with Crippen LogP contribution in [0.3, 0.4) is 0 Å². The number of carbonyl (C=O) groups excluding carboxylic acids is 1. The zero-order valence-electron chi connectivity index (χ0n) is 19.0. The zero-order valence-corrected chi connectivity index (χ0v) is 19.0. The number of nitrogens with one attached hydrogen (secondary N) is 1. The Morgan fingerprint density at radius 1 is 1.22 bits per heavy atom. The van der Waals surface area contributed by atoms with Crippen molar-refractivity contribution < 1.29 is 18.0 Å². The number of anilines is 1. The molecule has 174 valence electrons. The summed E-state index contributed by atoms with van der Waals surface area (Å²) in [5, 5.41) is 7.66. The van der Waals surface area contributed by atoms with Crippen molar-refractivity contribution in [2.24, 2.45) is 5.41 Å². The number of hydrogen-bond donors (Lipinski definition) is 1. The molecule has 4 rings (SSSR count). The van der Waals surface area contributed by atoms with Gasteiger partial charge in [0.25, 0.3) is 0 Å². The average Bonchev–Trinajstić information content (AvgIpc) is 3.34. The van der Waals surface area contributed by atoms with Gasteiger partial charge in [0.2, 0.25) is 5.91 Å². The molecule has 3 heterocycles. The third-order valence-corrected chi connectivity index (χ3v) is 6.82. The summed E-state index contributed by atoms with van der Waals surface area (Å²) in [5.74, 6) is 0.403. The third kappa shape index (κ3) is 4.50. The van der Waals surface area contributed by atoms with E-state index in [1.54, 1.807) is 6.07 Å². The van der Waals surface area contributed by atoms with Crippen LogP contribution in [-0.4, -0.2) is 45.9 Å². The van der Waals surface area contributed by atoms with Crippen LogP contribution >= 0.6 is 0 Å². The van der Waals surface area contributed by atoms with Gasteiger partial charge in [-0.15, -0.1) is 0 Å². The smallest absolute Gasteiger partial charge is 0.367 e. The molecule has 1 saturated heterocycles. The molecule has 2 aromatic rings. The highest BCUT2D eigenvalue weighted by Crippen LogP contribution is 2.44. The summed E-state index contributed by atoms with van der Waals surface area (Å²) in [7, 11) is 0. The first-order valence-corrected chi connectivity index (χ1v) is 11.2. The van der Waals surface area contributed by atoms with Crippen molar-refractivity contribution >= 4 is 11.7 Å². The fourth-order valence-electron chi connectivity index (χ4n) is 4.67. The van der Waals surface area contributed by atoms with E-state index in [0.29, 0.717) is 37.4 Å². The highest BCUT2D eigenvalue weighted by atomic mass is 19.4. The molecule has 1 aromatic heterocycles. The minimum Gasteiger partial charge on any atom is -0.367 e. The van der Waals surface area contributed by atoms with Gasteiger partial charge in [-0.1, -0.05) is 45.0 Å². The number of aryl methyl sites for hydroxylation is 1. The Balaban J connectivity index is 1.51. The second-order valence-corrected chi connectivity index (χ2v) is 10.2. The lowest BCUT2D eigenvalue weighted by atomic mass is 9.82. The van der Waals surface area contributed by atoms with Crippen molar-refractivity contribution in [2.45, 2.75) is 71.1 Å². The summed E-state index contributed by atoms with van der Waals surface area (Å²) in [4.78, 5) is 14.6. The molecule has 1 N–H and O–H groups in total. The van der Waals surface area contributed by atoms with Crippen LogP contribution in [0.2, 0.25) is 0 Å². The number of nitrogens with zero attached hydrogens (tertiary/aromatic N) is 3. The van der Waals surface area contributed by atoms with Gasteiger partial charge in [-0.05, 0) is 36.3 Å². The first-order valence-electron chi connectivity index (χ1n) is 11.2. The molecule has 0 saturated carbocycles. The Kier molecular flexibility index (Phi) is 5.75. The first-order chi connectivity index (χ1) is 14.9. The molecule has 1 fully saturated rings. The number of fused-ring (bicyclic) bond motifs is 1. The van der Waals surface area contributed by atoms with Crippen molar-refractivity contribution in [3.8, 4) is 0 Å². The van der Waals surface area contributed by atoms with Crippen LogP contribution < -0.4 is 5.32 Å². The molecule has 0 radical (unpaired) electrons. The SMILES string of the molecule is Cc1ccccc1CC(=O)N1CC[C@H](c2cc3n(n2)[C@@H](C(F)(F)F)C[C@H](C(C)(C)C)N3)C1. The van der Waals surface area contributed by atoms with E-state index in [4.69, 9.17) is 0 Å². The van der Waals surface area contributed by atoms with E-state index < -0.39 is 12.2 Å². The van der Waals surface area contributed by atoms with E-state index >= 15 is 0 Å². The Bertz CT molecular complexity index is 992. The highest BCUT2D eigenvalue weighted by Gasteiger charge is 2.48. The Labute approximate surface area is 187 Å². The number of carbonyl (C=O) groups is 1.